The molecule has 1 amide bonds. The molecule has 1 heterocycles. The predicted molar refractivity (Wildman–Crippen MR) is 96.6 cm³/mol. The molecule has 1 aliphatic heterocycles. The van der Waals surface area contributed by atoms with Gasteiger partial charge in [-0.15, -0.1) is 0 Å². The Morgan fingerprint density at radius 2 is 1.76 bits per heavy atom. The lowest BCUT2D eigenvalue weighted by atomic mass is 9.98. The van der Waals surface area contributed by atoms with Crippen molar-refractivity contribution in [2.45, 2.75) is 5.92 Å². The second-order valence-electron chi connectivity index (χ2n) is 6.53. The molecule has 1 aliphatic carbocycles. The third-order valence-electron chi connectivity index (χ3n) is 4.82. The fraction of sp³-hybridized carbons (Fsp3) is 0.286. The summed E-state index contributed by atoms with van der Waals surface area (Å²) in [5, 5.41) is 0. The third kappa shape index (κ3) is 3.05. The van der Waals surface area contributed by atoms with E-state index in [1.165, 1.54) is 22.3 Å². The minimum atomic E-state index is -0.298. The smallest absolute Gasteiger partial charge is 0.410 e. The molecular formula is C21H21NO3. The summed E-state index contributed by atoms with van der Waals surface area (Å²) in [5.41, 5.74) is 5.80. The first-order valence-corrected chi connectivity index (χ1v) is 8.58. The molecule has 0 spiro atoms. The highest BCUT2D eigenvalue weighted by Crippen LogP contribution is 2.44. The quantitative estimate of drug-likeness (QED) is 0.783. The van der Waals surface area contributed by atoms with Gasteiger partial charge in [0.2, 0.25) is 0 Å². The van der Waals surface area contributed by atoms with E-state index in [4.69, 9.17) is 9.47 Å². The van der Waals surface area contributed by atoms with Gasteiger partial charge in [-0.3, -0.25) is 0 Å². The lowest BCUT2D eigenvalue weighted by molar-refractivity contribution is 0.0949. The highest BCUT2D eigenvalue weighted by atomic mass is 16.6. The van der Waals surface area contributed by atoms with Crippen molar-refractivity contribution in [2.24, 2.45) is 0 Å². The van der Waals surface area contributed by atoms with E-state index in [0.717, 1.165) is 5.57 Å². The molecule has 4 heteroatoms. The van der Waals surface area contributed by atoms with Crippen LogP contribution >= 0.6 is 0 Å². The average Bonchev–Trinajstić information content (AvgIpc) is 2.78. The maximum atomic E-state index is 12.5. The van der Waals surface area contributed by atoms with Gasteiger partial charge in [0.1, 0.15) is 6.61 Å². The van der Waals surface area contributed by atoms with E-state index >= 15 is 0 Å². The minimum Gasteiger partial charge on any atom is -0.448 e. The molecule has 0 saturated carbocycles. The maximum Gasteiger partial charge on any atom is 0.410 e. The van der Waals surface area contributed by atoms with Gasteiger partial charge in [-0.2, -0.15) is 0 Å². The first kappa shape index (κ1) is 15.9. The molecule has 2 aliphatic rings. The molecule has 1 fully saturated rings. The van der Waals surface area contributed by atoms with Crippen LogP contribution in [0.25, 0.3) is 11.1 Å². The van der Waals surface area contributed by atoms with Crippen molar-refractivity contribution in [3.05, 3.63) is 71.8 Å². The number of fused-ring (bicyclic) bond motifs is 3. The van der Waals surface area contributed by atoms with Gasteiger partial charge in [0.05, 0.1) is 13.2 Å². The normalized spacial score (nSPS) is 17.0. The molecule has 0 N–H and O–H groups in total. The molecule has 4 nitrogen and oxygen atoms in total. The van der Waals surface area contributed by atoms with E-state index in [0.29, 0.717) is 32.9 Å². The number of amides is 1. The Bertz CT molecular complexity index is 769. The molecule has 1 saturated heterocycles. The Balaban J connectivity index is 1.51. The summed E-state index contributed by atoms with van der Waals surface area (Å²) in [7, 11) is 0. The number of ether oxygens (including phenoxy) is 2. The largest absolute Gasteiger partial charge is 0.448 e. The fourth-order valence-corrected chi connectivity index (χ4v) is 3.63. The summed E-state index contributed by atoms with van der Waals surface area (Å²) in [6, 6.07) is 16.7. The number of hydrogen-bond acceptors (Lipinski definition) is 3. The molecule has 0 unspecified atom stereocenters. The number of rotatable bonds is 2. The van der Waals surface area contributed by atoms with Crippen LogP contribution in [0.1, 0.15) is 17.0 Å². The maximum absolute atomic E-state index is 12.5. The van der Waals surface area contributed by atoms with Crippen LogP contribution in [-0.2, 0) is 9.47 Å². The monoisotopic (exact) mass is 335 g/mol. The molecule has 0 radical (unpaired) electrons. The summed E-state index contributed by atoms with van der Waals surface area (Å²) < 4.78 is 11.1. The first-order chi connectivity index (χ1) is 12.2. The van der Waals surface area contributed by atoms with Crippen molar-refractivity contribution in [3.8, 4) is 11.1 Å². The second-order valence-corrected chi connectivity index (χ2v) is 6.53. The van der Waals surface area contributed by atoms with Crippen LogP contribution in [-0.4, -0.2) is 43.9 Å². The highest BCUT2D eigenvalue weighted by Gasteiger charge is 2.29. The van der Waals surface area contributed by atoms with Gasteiger partial charge >= 0.3 is 6.09 Å². The molecule has 25 heavy (non-hydrogen) atoms. The van der Waals surface area contributed by atoms with Gasteiger partial charge in [-0.1, -0.05) is 55.1 Å². The summed E-state index contributed by atoms with van der Waals surface area (Å²) in [6.45, 7) is 6.33. The van der Waals surface area contributed by atoms with Crippen LogP contribution in [0.4, 0.5) is 4.79 Å². The van der Waals surface area contributed by atoms with Crippen molar-refractivity contribution >= 4 is 6.09 Å². The number of carbonyl (C=O) groups excluding carboxylic acids is 1. The van der Waals surface area contributed by atoms with Gasteiger partial charge in [0, 0.05) is 19.0 Å². The molecular weight excluding hydrogens is 314 g/mol. The van der Waals surface area contributed by atoms with E-state index in [-0.39, 0.29) is 12.0 Å². The lowest BCUT2D eigenvalue weighted by Crippen LogP contribution is -2.35. The molecule has 4 rings (SSSR count). The van der Waals surface area contributed by atoms with Gasteiger partial charge < -0.3 is 14.4 Å². The number of nitrogens with zero attached hydrogens (tertiary/aromatic N) is 1. The van der Waals surface area contributed by atoms with E-state index in [1.807, 2.05) is 24.3 Å². The summed E-state index contributed by atoms with van der Waals surface area (Å²) >= 11 is 0. The zero-order valence-electron chi connectivity index (χ0n) is 14.1. The van der Waals surface area contributed by atoms with Gasteiger partial charge in [-0.05, 0) is 27.8 Å². The van der Waals surface area contributed by atoms with Gasteiger partial charge in [0.15, 0.2) is 0 Å². The molecule has 2 aromatic carbocycles. The van der Waals surface area contributed by atoms with E-state index in [9.17, 15) is 4.79 Å². The second kappa shape index (κ2) is 6.73. The summed E-state index contributed by atoms with van der Waals surface area (Å²) in [6.07, 6.45) is -0.298. The number of carbonyl (C=O) groups is 1. The van der Waals surface area contributed by atoms with Crippen LogP contribution in [0.2, 0.25) is 0 Å². The molecule has 0 atom stereocenters. The highest BCUT2D eigenvalue weighted by molar-refractivity contribution is 5.79. The van der Waals surface area contributed by atoms with E-state index in [2.05, 4.69) is 30.8 Å². The lowest BCUT2D eigenvalue weighted by Gasteiger charge is -2.21. The Morgan fingerprint density at radius 3 is 2.44 bits per heavy atom. The molecule has 2 aromatic rings. The Morgan fingerprint density at radius 1 is 1.12 bits per heavy atom. The average molecular weight is 335 g/mol. The predicted octanol–water partition coefficient (Wildman–Crippen LogP) is 3.82. The van der Waals surface area contributed by atoms with E-state index in [1.54, 1.807) is 4.90 Å². The standard InChI is InChI=1S/C21H21NO3/c1-15-12-22(10-11-24-13-15)21(23)25-14-20-18-8-4-2-6-16(18)17-7-3-5-9-19(17)20/h2-9,20H,1,10-14H2. The Hall–Kier alpha value is -2.59. The number of hydrogen-bond donors (Lipinski definition) is 0. The van der Waals surface area contributed by atoms with Crippen LogP contribution in [0.15, 0.2) is 60.7 Å². The van der Waals surface area contributed by atoms with Gasteiger partial charge in [0.25, 0.3) is 0 Å². The van der Waals surface area contributed by atoms with Crippen molar-refractivity contribution in [3.63, 3.8) is 0 Å². The van der Waals surface area contributed by atoms with Crippen molar-refractivity contribution < 1.29 is 14.3 Å². The zero-order valence-corrected chi connectivity index (χ0v) is 14.1. The van der Waals surface area contributed by atoms with Crippen molar-refractivity contribution in [1.82, 2.24) is 4.90 Å². The zero-order chi connectivity index (χ0) is 17.2. The Kier molecular flexibility index (Phi) is 4.28. The Labute approximate surface area is 147 Å². The molecule has 128 valence electrons. The minimum absolute atomic E-state index is 0.0859. The van der Waals surface area contributed by atoms with Crippen molar-refractivity contribution in [1.29, 1.82) is 0 Å². The molecule has 0 aromatic heterocycles. The molecule has 0 bridgehead atoms. The third-order valence-corrected chi connectivity index (χ3v) is 4.82. The van der Waals surface area contributed by atoms with E-state index < -0.39 is 0 Å². The number of benzene rings is 2. The topological polar surface area (TPSA) is 38.8 Å². The van der Waals surface area contributed by atoms with Crippen LogP contribution in [0.3, 0.4) is 0 Å². The summed E-state index contributed by atoms with van der Waals surface area (Å²) in [5.74, 6) is 0.0859. The van der Waals surface area contributed by atoms with Crippen LogP contribution in [0.5, 0.6) is 0 Å². The SMILES string of the molecule is C=C1COCCN(C(=O)OCC2c3ccccc3-c3ccccc32)C1. The first-order valence-electron chi connectivity index (χ1n) is 8.58. The summed E-state index contributed by atoms with van der Waals surface area (Å²) in [4.78, 5) is 14.2. The van der Waals surface area contributed by atoms with Gasteiger partial charge in [-0.25, -0.2) is 4.79 Å². The van der Waals surface area contributed by atoms with Crippen LogP contribution < -0.4 is 0 Å². The van der Waals surface area contributed by atoms with Crippen LogP contribution in [0, 0.1) is 0 Å². The van der Waals surface area contributed by atoms with Crippen molar-refractivity contribution in [2.75, 3.05) is 32.9 Å². The fourth-order valence-electron chi connectivity index (χ4n) is 3.63.